The lowest BCUT2D eigenvalue weighted by atomic mass is 10.1. The van der Waals surface area contributed by atoms with E-state index in [9.17, 15) is 0 Å². The Hall–Kier alpha value is -2.81. The van der Waals surface area contributed by atoms with Crippen LogP contribution in [0.1, 0.15) is 5.56 Å². The van der Waals surface area contributed by atoms with Gasteiger partial charge >= 0.3 is 0 Å². The zero-order chi connectivity index (χ0) is 15.1. The maximum Gasteiger partial charge on any atom is 0.119 e. The van der Waals surface area contributed by atoms with E-state index < -0.39 is 0 Å². The molecule has 4 rings (SSSR count). The summed E-state index contributed by atoms with van der Waals surface area (Å²) in [7, 11) is 1.68. The van der Waals surface area contributed by atoms with Crippen molar-refractivity contribution in [1.29, 1.82) is 0 Å². The van der Waals surface area contributed by atoms with E-state index in [0.717, 1.165) is 33.4 Å². The summed E-state index contributed by atoms with van der Waals surface area (Å²) in [5, 5.41) is 2.28. The van der Waals surface area contributed by atoms with E-state index >= 15 is 0 Å². The fourth-order valence-corrected chi connectivity index (χ4v) is 2.83. The van der Waals surface area contributed by atoms with Crippen molar-refractivity contribution in [2.24, 2.45) is 0 Å². The van der Waals surface area contributed by atoms with E-state index in [4.69, 9.17) is 9.72 Å². The van der Waals surface area contributed by atoms with Crippen LogP contribution < -0.4 is 4.74 Å². The molecule has 0 aliphatic rings. The van der Waals surface area contributed by atoms with Crippen LogP contribution in [0.3, 0.4) is 0 Å². The molecular formula is C19H16N2O. The van der Waals surface area contributed by atoms with Crippen LogP contribution in [0.15, 0.2) is 54.7 Å². The highest BCUT2D eigenvalue weighted by Crippen LogP contribution is 2.30. The number of hydrogen-bond acceptors (Lipinski definition) is 2. The van der Waals surface area contributed by atoms with Crippen LogP contribution in [0, 0.1) is 6.92 Å². The Kier molecular flexibility index (Phi) is 2.86. The van der Waals surface area contributed by atoms with Gasteiger partial charge in [0.05, 0.1) is 18.3 Å². The Morgan fingerprint density at radius 2 is 1.91 bits per heavy atom. The predicted octanol–water partition coefficient (Wildman–Crippen LogP) is 4.70. The number of rotatable bonds is 2. The third-order valence-electron chi connectivity index (χ3n) is 4.01. The summed E-state index contributed by atoms with van der Waals surface area (Å²) in [5.74, 6) is 0.851. The van der Waals surface area contributed by atoms with Gasteiger partial charge in [-0.1, -0.05) is 18.2 Å². The van der Waals surface area contributed by atoms with E-state index in [1.807, 2.05) is 24.4 Å². The molecule has 22 heavy (non-hydrogen) atoms. The second-order valence-electron chi connectivity index (χ2n) is 5.51. The Labute approximate surface area is 128 Å². The van der Waals surface area contributed by atoms with Crippen LogP contribution in [0.2, 0.25) is 0 Å². The number of nitrogens with one attached hydrogen (secondary N) is 1. The molecule has 1 N–H and O–H groups in total. The van der Waals surface area contributed by atoms with E-state index in [-0.39, 0.29) is 0 Å². The molecular weight excluding hydrogens is 272 g/mol. The van der Waals surface area contributed by atoms with E-state index in [1.165, 1.54) is 10.9 Å². The van der Waals surface area contributed by atoms with Crippen molar-refractivity contribution in [1.82, 2.24) is 9.97 Å². The molecule has 3 heteroatoms. The molecule has 0 saturated heterocycles. The van der Waals surface area contributed by atoms with E-state index in [0.29, 0.717) is 0 Å². The van der Waals surface area contributed by atoms with Gasteiger partial charge < -0.3 is 9.72 Å². The van der Waals surface area contributed by atoms with Gasteiger partial charge in [-0.3, -0.25) is 0 Å². The minimum absolute atomic E-state index is 0.851. The second kappa shape index (κ2) is 4.88. The molecule has 2 heterocycles. The lowest BCUT2D eigenvalue weighted by Gasteiger charge is -2.04. The van der Waals surface area contributed by atoms with Crippen LogP contribution >= 0.6 is 0 Å². The number of methoxy groups -OCH3 is 1. The number of aromatic amines is 1. The molecule has 0 radical (unpaired) electrons. The highest BCUT2D eigenvalue weighted by Gasteiger charge is 2.08. The van der Waals surface area contributed by atoms with Crippen LogP contribution in [0.25, 0.3) is 33.1 Å². The number of nitrogens with zero attached hydrogens (tertiary/aromatic N) is 1. The van der Waals surface area contributed by atoms with Crippen molar-refractivity contribution >= 4 is 21.8 Å². The first-order valence-electron chi connectivity index (χ1n) is 7.27. The molecule has 4 aromatic rings. The van der Waals surface area contributed by atoms with Crippen LogP contribution in [0.5, 0.6) is 5.75 Å². The molecule has 0 bridgehead atoms. The molecule has 3 nitrogen and oxygen atoms in total. The van der Waals surface area contributed by atoms with Crippen LogP contribution in [0.4, 0.5) is 0 Å². The quantitative estimate of drug-likeness (QED) is 0.580. The van der Waals surface area contributed by atoms with Crippen LogP contribution in [-0.4, -0.2) is 17.1 Å². The average Bonchev–Trinajstić information content (AvgIpc) is 2.96. The van der Waals surface area contributed by atoms with Gasteiger partial charge in [-0.2, -0.15) is 0 Å². The van der Waals surface area contributed by atoms with Gasteiger partial charge in [-0.15, -0.1) is 0 Å². The maximum atomic E-state index is 5.26. The van der Waals surface area contributed by atoms with Gasteiger partial charge in [-0.05, 0) is 42.8 Å². The van der Waals surface area contributed by atoms with E-state index in [1.54, 1.807) is 7.11 Å². The molecule has 0 saturated carbocycles. The maximum absolute atomic E-state index is 5.26. The Bertz CT molecular complexity index is 985. The smallest absolute Gasteiger partial charge is 0.119 e. The average molecular weight is 288 g/mol. The molecule has 2 aromatic carbocycles. The third kappa shape index (κ3) is 2.02. The first kappa shape index (κ1) is 12.9. The molecule has 0 amide bonds. The number of benzene rings is 2. The van der Waals surface area contributed by atoms with Crippen molar-refractivity contribution in [2.75, 3.05) is 7.11 Å². The van der Waals surface area contributed by atoms with Gasteiger partial charge in [-0.25, -0.2) is 4.98 Å². The summed E-state index contributed by atoms with van der Waals surface area (Å²) in [6.07, 6.45) is 2.03. The van der Waals surface area contributed by atoms with Gasteiger partial charge in [0.1, 0.15) is 5.75 Å². The fourth-order valence-electron chi connectivity index (χ4n) is 2.83. The Morgan fingerprint density at radius 1 is 1.00 bits per heavy atom. The monoisotopic (exact) mass is 288 g/mol. The van der Waals surface area contributed by atoms with Crippen molar-refractivity contribution in [3.05, 3.63) is 60.3 Å². The summed E-state index contributed by atoms with van der Waals surface area (Å²) in [5.41, 5.74) is 5.48. The number of hydrogen-bond donors (Lipinski definition) is 1. The first-order valence-corrected chi connectivity index (χ1v) is 7.27. The third-order valence-corrected chi connectivity index (χ3v) is 4.01. The Balaban J connectivity index is 1.89. The van der Waals surface area contributed by atoms with Gasteiger partial charge in [0, 0.05) is 28.0 Å². The highest BCUT2D eigenvalue weighted by molar-refractivity contribution is 5.96. The highest BCUT2D eigenvalue weighted by atomic mass is 16.5. The van der Waals surface area contributed by atoms with Crippen molar-refractivity contribution < 1.29 is 4.74 Å². The van der Waals surface area contributed by atoms with Crippen molar-refractivity contribution in [3.8, 4) is 17.0 Å². The summed E-state index contributed by atoms with van der Waals surface area (Å²) in [6, 6.07) is 16.5. The van der Waals surface area contributed by atoms with Crippen LogP contribution in [-0.2, 0) is 0 Å². The summed E-state index contributed by atoms with van der Waals surface area (Å²) in [4.78, 5) is 8.12. The van der Waals surface area contributed by atoms with Crippen molar-refractivity contribution in [3.63, 3.8) is 0 Å². The molecule has 0 atom stereocenters. The predicted molar refractivity (Wildman–Crippen MR) is 90.3 cm³/mol. The summed E-state index contributed by atoms with van der Waals surface area (Å²) >= 11 is 0. The van der Waals surface area contributed by atoms with Gasteiger partial charge in [0.2, 0.25) is 0 Å². The molecule has 108 valence electrons. The number of ether oxygens (including phenoxy) is 1. The van der Waals surface area contributed by atoms with Crippen molar-refractivity contribution in [2.45, 2.75) is 6.92 Å². The number of fused-ring (bicyclic) bond motifs is 2. The zero-order valence-electron chi connectivity index (χ0n) is 12.6. The minimum Gasteiger partial charge on any atom is -0.497 e. The minimum atomic E-state index is 0.851. The topological polar surface area (TPSA) is 37.9 Å². The molecule has 0 fully saturated rings. The fraction of sp³-hybridized carbons (Fsp3) is 0.105. The standard InChI is InChI=1S/C19H16N2O/c1-12-3-6-15-16(11-20-19(15)9-12)18-7-4-13-10-14(22-2)5-8-17(13)21-18/h3-11,20H,1-2H3. The number of aryl methyl sites for hydroxylation is 1. The number of aromatic nitrogens is 2. The molecule has 0 unspecified atom stereocenters. The van der Waals surface area contributed by atoms with Gasteiger partial charge in [0.15, 0.2) is 0 Å². The Morgan fingerprint density at radius 3 is 2.77 bits per heavy atom. The lowest BCUT2D eigenvalue weighted by molar-refractivity contribution is 0.415. The van der Waals surface area contributed by atoms with Gasteiger partial charge in [0.25, 0.3) is 0 Å². The molecule has 0 aliphatic heterocycles. The second-order valence-corrected chi connectivity index (χ2v) is 5.51. The summed E-state index contributed by atoms with van der Waals surface area (Å²) < 4.78 is 5.26. The number of H-pyrrole nitrogens is 1. The first-order chi connectivity index (χ1) is 10.7. The molecule has 2 aromatic heterocycles. The largest absolute Gasteiger partial charge is 0.497 e. The molecule has 0 spiro atoms. The molecule has 0 aliphatic carbocycles. The lowest BCUT2D eigenvalue weighted by Crippen LogP contribution is -1.87. The van der Waals surface area contributed by atoms with E-state index in [2.05, 4.69) is 42.2 Å². The normalized spacial score (nSPS) is 11.2. The SMILES string of the molecule is COc1ccc2nc(-c3c[nH]c4cc(C)ccc34)ccc2c1. The zero-order valence-corrected chi connectivity index (χ0v) is 12.6. The summed E-state index contributed by atoms with van der Waals surface area (Å²) in [6.45, 7) is 2.10. The number of pyridine rings is 1.